The minimum Gasteiger partial charge on any atom is -0.379 e. The number of nitrogens with one attached hydrogen (secondary N) is 1. The maximum Gasteiger partial charge on any atom is 0.0950 e. The molecular formula is C12H23N3O. The van der Waals surface area contributed by atoms with Gasteiger partial charge in [0.2, 0.25) is 0 Å². The molecule has 0 aliphatic heterocycles. The molecule has 1 rings (SSSR count). The molecule has 16 heavy (non-hydrogen) atoms. The Kier molecular flexibility index (Phi) is 6.11. The average Bonchev–Trinajstić information content (AvgIpc) is 2.69. The quantitative estimate of drug-likeness (QED) is 0.678. The van der Waals surface area contributed by atoms with Crippen LogP contribution in [0.5, 0.6) is 0 Å². The lowest BCUT2D eigenvalue weighted by Crippen LogP contribution is -2.10. The maximum atomic E-state index is 5.53. The van der Waals surface area contributed by atoms with Crippen molar-refractivity contribution >= 4 is 0 Å². The second-order valence-corrected chi connectivity index (χ2v) is 4.43. The van der Waals surface area contributed by atoms with Crippen molar-refractivity contribution in [2.75, 3.05) is 26.8 Å². The molecule has 1 heterocycles. The Hall–Kier alpha value is -0.870. The fourth-order valence-corrected chi connectivity index (χ4v) is 1.40. The molecule has 0 atom stereocenters. The van der Waals surface area contributed by atoms with Crippen molar-refractivity contribution in [2.24, 2.45) is 5.92 Å². The molecule has 0 aliphatic rings. The fourth-order valence-electron chi connectivity index (χ4n) is 1.40. The van der Waals surface area contributed by atoms with Gasteiger partial charge in [0.25, 0.3) is 0 Å². The van der Waals surface area contributed by atoms with Crippen molar-refractivity contribution in [3.8, 4) is 0 Å². The highest BCUT2D eigenvalue weighted by atomic mass is 16.5. The van der Waals surface area contributed by atoms with Crippen molar-refractivity contribution in [2.45, 2.75) is 26.8 Å². The van der Waals surface area contributed by atoms with E-state index in [1.54, 1.807) is 0 Å². The average molecular weight is 225 g/mol. The first-order valence-electron chi connectivity index (χ1n) is 5.95. The maximum absolute atomic E-state index is 5.53. The number of nitrogens with zero attached hydrogens (tertiary/aromatic N) is 2. The van der Waals surface area contributed by atoms with Gasteiger partial charge in [-0.3, -0.25) is 0 Å². The first kappa shape index (κ1) is 13.2. The summed E-state index contributed by atoms with van der Waals surface area (Å²) in [5.74, 6) is 0.606. The van der Waals surface area contributed by atoms with Gasteiger partial charge in [0.15, 0.2) is 0 Å². The summed E-state index contributed by atoms with van der Waals surface area (Å²) in [6.45, 7) is 7.78. The van der Waals surface area contributed by atoms with E-state index in [4.69, 9.17) is 4.74 Å². The van der Waals surface area contributed by atoms with Crippen LogP contribution in [0.1, 0.15) is 19.5 Å². The Morgan fingerprint density at radius 1 is 1.50 bits per heavy atom. The molecule has 1 aromatic rings. The summed E-state index contributed by atoms with van der Waals surface area (Å²) in [7, 11) is 1.96. The predicted molar refractivity (Wildman–Crippen MR) is 65.5 cm³/mol. The van der Waals surface area contributed by atoms with E-state index < -0.39 is 0 Å². The Bertz CT molecular complexity index is 284. The van der Waals surface area contributed by atoms with Gasteiger partial charge in [0, 0.05) is 32.3 Å². The molecule has 0 saturated heterocycles. The Morgan fingerprint density at radius 3 is 3.00 bits per heavy atom. The molecule has 0 fully saturated rings. The van der Waals surface area contributed by atoms with E-state index in [1.807, 2.05) is 13.4 Å². The molecule has 1 aromatic heterocycles. The third kappa shape index (κ3) is 5.28. The number of rotatable bonds is 8. The first-order chi connectivity index (χ1) is 7.72. The van der Waals surface area contributed by atoms with Crippen LogP contribution in [0.3, 0.4) is 0 Å². The standard InChI is InChI=1S/C12H23N3O/c1-11(2)9-16-7-6-15-8-12(14-10-15)4-5-13-3/h8,10-11,13H,4-7,9H2,1-3H3. The van der Waals surface area contributed by atoms with Gasteiger partial charge in [0.1, 0.15) is 0 Å². The number of likely N-dealkylation sites (N-methyl/N-ethyl adjacent to an activating group) is 1. The van der Waals surface area contributed by atoms with Gasteiger partial charge in [-0.05, 0) is 13.0 Å². The number of hydrogen-bond donors (Lipinski definition) is 1. The molecule has 4 nitrogen and oxygen atoms in total. The monoisotopic (exact) mass is 225 g/mol. The fraction of sp³-hybridized carbons (Fsp3) is 0.750. The molecule has 0 aromatic carbocycles. The highest BCUT2D eigenvalue weighted by Gasteiger charge is 1.98. The summed E-state index contributed by atoms with van der Waals surface area (Å²) in [6.07, 6.45) is 4.95. The van der Waals surface area contributed by atoms with E-state index in [-0.39, 0.29) is 0 Å². The summed E-state index contributed by atoms with van der Waals surface area (Å²) in [4.78, 5) is 4.33. The van der Waals surface area contributed by atoms with Crippen LogP contribution >= 0.6 is 0 Å². The topological polar surface area (TPSA) is 39.1 Å². The summed E-state index contributed by atoms with van der Waals surface area (Å²) in [5.41, 5.74) is 1.14. The lowest BCUT2D eigenvalue weighted by molar-refractivity contribution is 0.103. The second-order valence-electron chi connectivity index (χ2n) is 4.43. The Labute approximate surface area is 98.0 Å². The second kappa shape index (κ2) is 7.41. The molecule has 0 amide bonds. The smallest absolute Gasteiger partial charge is 0.0950 e. The van der Waals surface area contributed by atoms with Gasteiger partial charge in [-0.1, -0.05) is 13.8 Å². The molecule has 0 unspecified atom stereocenters. The van der Waals surface area contributed by atoms with E-state index in [0.29, 0.717) is 5.92 Å². The van der Waals surface area contributed by atoms with Crippen LogP contribution in [0.15, 0.2) is 12.5 Å². The van der Waals surface area contributed by atoms with Gasteiger partial charge in [0.05, 0.1) is 18.6 Å². The van der Waals surface area contributed by atoms with Crippen LogP contribution in [0.4, 0.5) is 0 Å². The van der Waals surface area contributed by atoms with Gasteiger partial charge in [-0.15, -0.1) is 0 Å². The van der Waals surface area contributed by atoms with Crippen LogP contribution in [0, 0.1) is 5.92 Å². The summed E-state index contributed by atoms with van der Waals surface area (Å²) < 4.78 is 7.62. The highest BCUT2D eigenvalue weighted by Crippen LogP contribution is 1.98. The molecule has 0 spiro atoms. The lowest BCUT2D eigenvalue weighted by Gasteiger charge is -2.06. The summed E-state index contributed by atoms with van der Waals surface area (Å²) in [5, 5.41) is 3.12. The first-order valence-corrected chi connectivity index (χ1v) is 5.95. The van der Waals surface area contributed by atoms with Crippen molar-refractivity contribution in [3.63, 3.8) is 0 Å². The molecule has 1 N–H and O–H groups in total. The van der Waals surface area contributed by atoms with Crippen LogP contribution in [0.25, 0.3) is 0 Å². The SMILES string of the molecule is CNCCc1cn(CCOCC(C)C)cn1. The molecule has 0 radical (unpaired) electrons. The van der Waals surface area contributed by atoms with E-state index in [9.17, 15) is 0 Å². The van der Waals surface area contributed by atoms with Crippen molar-refractivity contribution in [1.29, 1.82) is 0 Å². The normalized spacial score (nSPS) is 11.2. The zero-order valence-electron chi connectivity index (χ0n) is 10.6. The van der Waals surface area contributed by atoms with Crippen LogP contribution < -0.4 is 5.32 Å². The molecular weight excluding hydrogens is 202 g/mol. The number of ether oxygens (including phenoxy) is 1. The third-order valence-corrected chi connectivity index (χ3v) is 2.26. The predicted octanol–water partition coefficient (Wildman–Crippen LogP) is 1.32. The summed E-state index contributed by atoms with van der Waals surface area (Å²) >= 11 is 0. The van der Waals surface area contributed by atoms with Crippen molar-refractivity contribution in [3.05, 3.63) is 18.2 Å². The molecule has 92 valence electrons. The van der Waals surface area contributed by atoms with Gasteiger partial charge < -0.3 is 14.6 Å². The zero-order chi connectivity index (χ0) is 11.8. The Morgan fingerprint density at radius 2 is 2.31 bits per heavy atom. The Balaban J connectivity index is 2.19. The number of imidazole rings is 1. The van der Waals surface area contributed by atoms with Gasteiger partial charge >= 0.3 is 0 Å². The number of hydrogen-bond acceptors (Lipinski definition) is 3. The van der Waals surface area contributed by atoms with E-state index in [2.05, 4.69) is 34.9 Å². The molecule has 0 bridgehead atoms. The van der Waals surface area contributed by atoms with Crippen LogP contribution in [-0.4, -0.2) is 36.4 Å². The molecule has 4 heteroatoms. The summed E-state index contributed by atoms with van der Waals surface area (Å²) in [6, 6.07) is 0. The lowest BCUT2D eigenvalue weighted by atomic mass is 10.2. The minimum absolute atomic E-state index is 0.606. The molecule has 0 aliphatic carbocycles. The van der Waals surface area contributed by atoms with E-state index in [0.717, 1.165) is 38.4 Å². The van der Waals surface area contributed by atoms with E-state index in [1.165, 1.54) is 0 Å². The highest BCUT2D eigenvalue weighted by molar-refractivity contribution is 4.97. The third-order valence-electron chi connectivity index (χ3n) is 2.26. The zero-order valence-corrected chi connectivity index (χ0v) is 10.6. The minimum atomic E-state index is 0.606. The van der Waals surface area contributed by atoms with Gasteiger partial charge in [-0.25, -0.2) is 4.98 Å². The number of aromatic nitrogens is 2. The van der Waals surface area contributed by atoms with Crippen molar-refractivity contribution < 1.29 is 4.74 Å². The van der Waals surface area contributed by atoms with E-state index >= 15 is 0 Å². The van der Waals surface area contributed by atoms with Crippen LogP contribution in [0.2, 0.25) is 0 Å². The largest absolute Gasteiger partial charge is 0.379 e. The van der Waals surface area contributed by atoms with Gasteiger partial charge in [-0.2, -0.15) is 0 Å². The molecule has 0 saturated carbocycles. The van der Waals surface area contributed by atoms with Crippen LogP contribution in [-0.2, 0) is 17.7 Å². The van der Waals surface area contributed by atoms with Crippen molar-refractivity contribution in [1.82, 2.24) is 14.9 Å².